The highest BCUT2D eigenvalue weighted by Crippen LogP contribution is 2.11. The van der Waals surface area contributed by atoms with Crippen molar-refractivity contribution in [3.8, 4) is 0 Å². The number of imidazole rings is 1. The first-order valence-corrected chi connectivity index (χ1v) is 5.80. The Morgan fingerprint density at radius 2 is 2.18 bits per heavy atom. The minimum Gasteiger partial charge on any atom is -0.351 e. The van der Waals surface area contributed by atoms with Crippen molar-refractivity contribution in [3.63, 3.8) is 0 Å². The van der Waals surface area contributed by atoms with Crippen molar-refractivity contribution < 1.29 is 0 Å². The van der Waals surface area contributed by atoms with Crippen molar-refractivity contribution in [2.24, 2.45) is 7.05 Å². The molecule has 5 nitrogen and oxygen atoms in total. The second-order valence-electron chi connectivity index (χ2n) is 3.83. The second-order valence-corrected chi connectivity index (χ2v) is 4.09. The number of hydrogen-bond donors (Lipinski definition) is 0. The van der Waals surface area contributed by atoms with Gasteiger partial charge in [-0.05, 0) is 12.1 Å². The lowest BCUT2D eigenvalue weighted by Gasteiger charge is -2.17. The van der Waals surface area contributed by atoms with Crippen LogP contribution in [0, 0.1) is 0 Å². The Hall–Kier alpha value is -1.62. The molecule has 0 N–H and O–H groups in total. The van der Waals surface area contributed by atoms with Crippen LogP contribution in [0.15, 0.2) is 24.5 Å². The Morgan fingerprint density at radius 3 is 2.71 bits per heavy atom. The lowest BCUT2D eigenvalue weighted by molar-refractivity contribution is 0.748. The third kappa shape index (κ3) is 2.74. The van der Waals surface area contributed by atoms with E-state index in [1.807, 2.05) is 41.9 Å². The van der Waals surface area contributed by atoms with Crippen LogP contribution in [0.4, 0.5) is 5.82 Å². The quantitative estimate of drug-likeness (QED) is 0.775. The van der Waals surface area contributed by atoms with E-state index in [4.69, 9.17) is 11.6 Å². The fourth-order valence-corrected chi connectivity index (χ4v) is 1.61. The largest absolute Gasteiger partial charge is 0.351 e. The molecule has 2 aromatic heterocycles. The van der Waals surface area contributed by atoms with Crippen molar-refractivity contribution in [2.75, 3.05) is 11.9 Å². The molecule has 2 heterocycles. The molecular formula is C11H14ClN5. The number of aromatic nitrogens is 4. The zero-order valence-electron chi connectivity index (χ0n) is 9.84. The van der Waals surface area contributed by atoms with Crippen LogP contribution < -0.4 is 4.90 Å². The van der Waals surface area contributed by atoms with Crippen LogP contribution in [0.3, 0.4) is 0 Å². The van der Waals surface area contributed by atoms with E-state index in [0.29, 0.717) is 12.4 Å². The maximum Gasteiger partial charge on any atom is 0.151 e. The number of aryl methyl sites for hydroxylation is 1. The molecule has 0 bridgehead atoms. The molecule has 17 heavy (non-hydrogen) atoms. The summed E-state index contributed by atoms with van der Waals surface area (Å²) in [6, 6.07) is 3.79. The van der Waals surface area contributed by atoms with Crippen LogP contribution >= 0.6 is 11.6 Å². The van der Waals surface area contributed by atoms with Gasteiger partial charge >= 0.3 is 0 Å². The summed E-state index contributed by atoms with van der Waals surface area (Å²) < 4.78 is 1.98. The van der Waals surface area contributed by atoms with E-state index in [9.17, 15) is 0 Å². The highest BCUT2D eigenvalue weighted by atomic mass is 35.5. The fourth-order valence-electron chi connectivity index (χ4n) is 1.47. The molecule has 2 rings (SSSR count). The van der Waals surface area contributed by atoms with Crippen LogP contribution in [0.2, 0.25) is 0 Å². The maximum atomic E-state index is 5.67. The third-order valence-electron chi connectivity index (χ3n) is 2.53. The van der Waals surface area contributed by atoms with Gasteiger partial charge in [-0.1, -0.05) is 0 Å². The van der Waals surface area contributed by atoms with Crippen LogP contribution in [-0.2, 0) is 19.5 Å². The normalized spacial score (nSPS) is 10.5. The first-order valence-electron chi connectivity index (χ1n) is 5.26. The van der Waals surface area contributed by atoms with E-state index in [2.05, 4.69) is 15.2 Å². The molecule has 90 valence electrons. The molecule has 0 saturated carbocycles. The summed E-state index contributed by atoms with van der Waals surface area (Å²) in [5.41, 5.74) is 0.779. The Labute approximate surface area is 105 Å². The van der Waals surface area contributed by atoms with Gasteiger partial charge in [0.25, 0.3) is 0 Å². The topological polar surface area (TPSA) is 46.8 Å². The molecule has 0 unspecified atom stereocenters. The first-order chi connectivity index (χ1) is 8.20. The Bertz CT molecular complexity index is 479. The van der Waals surface area contributed by atoms with Gasteiger partial charge in [0, 0.05) is 26.5 Å². The molecule has 0 saturated heterocycles. The average molecular weight is 252 g/mol. The number of halogens is 1. The average Bonchev–Trinajstić information content (AvgIpc) is 2.75. The van der Waals surface area contributed by atoms with E-state index in [1.165, 1.54) is 0 Å². The molecule has 0 fully saturated rings. The molecule has 0 amide bonds. The molecule has 2 aromatic rings. The van der Waals surface area contributed by atoms with Crippen molar-refractivity contribution in [1.82, 2.24) is 19.7 Å². The minimum absolute atomic E-state index is 0.385. The SMILES string of the molecule is CN(Cc1nccn1C)c1ccc(CCl)nn1. The number of alkyl halides is 1. The molecular weight excluding hydrogens is 238 g/mol. The van der Waals surface area contributed by atoms with Gasteiger partial charge in [-0.15, -0.1) is 16.7 Å². The van der Waals surface area contributed by atoms with Crippen molar-refractivity contribution in [3.05, 3.63) is 36.0 Å². The minimum atomic E-state index is 0.385. The van der Waals surface area contributed by atoms with Crippen LogP contribution in [0.1, 0.15) is 11.5 Å². The lowest BCUT2D eigenvalue weighted by Crippen LogP contribution is -2.20. The summed E-state index contributed by atoms with van der Waals surface area (Å²) in [7, 11) is 3.93. The van der Waals surface area contributed by atoms with E-state index in [1.54, 1.807) is 6.20 Å². The summed E-state index contributed by atoms with van der Waals surface area (Å²) in [4.78, 5) is 6.26. The molecule has 0 radical (unpaired) electrons. The Kier molecular flexibility index (Phi) is 3.58. The monoisotopic (exact) mass is 251 g/mol. The van der Waals surface area contributed by atoms with Gasteiger partial charge in [0.15, 0.2) is 5.82 Å². The predicted molar refractivity (Wildman–Crippen MR) is 66.9 cm³/mol. The van der Waals surface area contributed by atoms with Gasteiger partial charge in [0.05, 0.1) is 18.1 Å². The highest BCUT2D eigenvalue weighted by molar-refractivity contribution is 6.16. The van der Waals surface area contributed by atoms with Gasteiger partial charge in [-0.3, -0.25) is 0 Å². The summed E-state index contributed by atoms with van der Waals surface area (Å²) >= 11 is 5.67. The van der Waals surface area contributed by atoms with Crippen molar-refractivity contribution in [1.29, 1.82) is 0 Å². The van der Waals surface area contributed by atoms with E-state index in [-0.39, 0.29) is 0 Å². The summed E-state index contributed by atoms with van der Waals surface area (Å²) in [5.74, 6) is 2.17. The van der Waals surface area contributed by atoms with Crippen LogP contribution in [-0.4, -0.2) is 26.8 Å². The zero-order valence-corrected chi connectivity index (χ0v) is 10.6. The van der Waals surface area contributed by atoms with Gasteiger partial charge < -0.3 is 9.47 Å². The summed E-state index contributed by atoms with van der Waals surface area (Å²) in [5, 5.41) is 8.13. The van der Waals surface area contributed by atoms with Gasteiger partial charge in [0.2, 0.25) is 0 Å². The molecule has 6 heteroatoms. The first kappa shape index (κ1) is 11.9. The Balaban J connectivity index is 2.09. The molecule has 0 aliphatic carbocycles. The van der Waals surface area contributed by atoms with E-state index in [0.717, 1.165) is 17.3 Å². The van der Waals surface area contributed by atoms with Crippen LogP contribution in [0.25, 0.3) is 0 Å². The zero-order chi connectivity index (χ0) is 12.3. The fraction of sp³-hybridized carbons (Fsp3) is 0.364. The number of rotatable bonds is 4. The van der Waals surface area contributed by atoms with E-state index < -0.39 is 0 Å². The standard InChI is InChI=1S/C11H14ClN5/c1-16-6-5-13-11(16)8-17(2)10-4-3-9(7-12)14-15-10/h3-6H,7-8H2,1-2H3. The predicted octanol–water partition coefficient (Wildman–Crippen LogP) is 1.59. The summed E-state index contributed by atoms with van der Waals surface area (Å²) in [6.07, 6.45) is 3.71. The van der Waals surface area contributed by atoms with Gasteiger partial charge in [-0.2, -0.15) is 5.10 Å². The third-order valence-corrected chi connectivity index (χ3v) is 2.81. The number of hydrogen-bond acceptors (Lipinski definition) is 4. The maximum absolute atomic E-state index is 5.67. The number of anilines is 1. The molecule has 0 aliphatic heterocycles. The molecule has 0 spiro atoms. The second kappa shape index (κ2) is 5.14. The highest BCUT2D eigenvalue weighted by Gasteiger charge is 2.07. The summed E-state index contributed by atoms with van der Waals surface area (Å²) in [6.45, 7) is 0.693. The number of nitrogens with zero attached hydrogens (tertiary/aromatic N) is 5. The van der Waals surface area contributed by atoms with Gasteiger partial charge in [-0.25, -0.2) is 4.98 Å². The lowest BCUT2D eigenvalue weighted by atomic mass is 10.4. The van der Waals surface area contributed by atoms with Gasteiger partial charge in [0.1, 0.15) is 5.82 Å². The van der Waals surface area contributed by atoms with Crippen molar-refractivity contribution in [2.45, 2.75) is 12.4 Å². The Morgan fingerprint density at radius 1 is 1.35 bits per heavy atom. The molecule has 0 atom stereocenters. The van der Waals surface area contributed by atoms with Crippen molar-refractivity contribution >= 4 is 17.4 Å². The smallest absolute Gasteiger partial charge is 0.151 e. The van der Waals surface area contributed by atoms with E-state index >= 15 is 0 Å². The molecule has 0 aliphatic rings. The van der Waals surface area contributed by atoms with Crippen LogP contribution in [0.5, 0.6) is 0 Å². The molecule has 0 aromatic carbocycles.